The van der Waals surface area contributed by atoms with Crippen LogP contribution < -0.4 is 0 Å². The second-order valence-corrected chi connectivity index (χ2v) is 2.35. The molecule has 0 heterocycles. The van der Waals surface area contributed by atoms with Crippen LogP contribution in [0.2, 0.25) is 0 Å². The highest BCUT2D eigenvalue weighted by Gasteiger charge is 2.16. The van der Waals surface area contributed by atoms with Crippen molar-refractivity contribution in [1.29, 1.82) is 0 Å². The Morgan fingerprint density at radius 1 is 1.58 bits per heavy atom. The fourth-order valence-corrected chi connectivity index (χ4v) is 0.790. The summed E-state index contributed by atoms with van der Waals surface area (Å²) >= 11 is 0. The predicted octanol–water partition coefficient (Wildman–Crippen LogP) is -0.357. The third-order valence-electron chi connectivity index (χ3n) is 1.46. The minimum absolute atomic E-state index is 0.0589. The molecule has 0 aliphatic heterocycles. The summed E-state index contributed by atoms with van der Waals surface area (Å²) < 4.78 is 0. The zero-order valence-electron chi connectivity index (χ0n) is 6.66. The minimum Gasteiger partial charge on any atom is -0.396 e. The van der Waals surface area contributed by atoms with E-state index < -0.39 is 5.92 Å². The van der Waals surface area contributed by atoms with Crippen LogP contribution in [0.1, 0.15) is 19.3 Å². The first kappa shape index (κ1) is 11.0. The lowest BCUT2D eigenvalue weighted by atomic mass is 9.99. The van der Waals surface area contributed by atoms with E-state index in [2.05, 4.69) is 0 Å². The van der Waals surface area contributed by atoms with Crippen LogP contribution in [0.5, 0.6) is 0 Å². The SMILES string of the molecule is O=[C]C(CCO)C(=O)CCC=O. The Kier molecular flexibility index (Phi) is 6.09. The Morgan fingerprint density at radius 2 is 2.25 bits per heavy atom. The van der Waals surface area contributed by atoms with Crippen molar-refractivity contribution >= 4 is 18.4 Å². The quantitative estimate of drug-likeness (QED) is 0.419. The van der Waals surface area contributed by atoms with Crippen LogP contribution in [0.4, 0.5) is 0 Å². The van der Waals surface area contributed by atoms with Gasteiger partial charge in [0.25, 0.3) is 0 Å². The number of hydrogen-bond acceptors (Lipinski definition) is 4. The van der Waals surface area contributed by atoms with Gasteiger partial charge in [0.2, 0.25) is 6.29 Å². The first-order valence-electron chi connectivity index (χ1n) is 3.71. The highest BCUT2D eigenvalue weighted by atomic mass is 16.3. The maximum atomic E-state index is 11.0. The van der Waals surface area contributed by atoms with Crippen molar-refractivity contribution in [3.8, 4) is 0 Å². The second kappa shape index (κ2) is 6.67. The molecule has 0 amide bonds. The average molecular weight is 171 g/mol. The smallest absolute Gasteiger partial charge is 0.209 e. The molecule has 67 valence electrons. The maximum absolute atomic E-state index is 11.0. The number of aliphatic hydroxyl groups is 1. The number of ketones is 1. The monoisotopic (exact) mass is 171 g/mol. The van der Waals surface area contributed by atoms with Crippen molar-refractivity contribution in [3.05, 3.63) is 0 Å². The molecule has 0 spiro atoms. The molecule has 0 aromatic heterocycles. The van der Waals surface area contributed by atoms with Crippen molar-refractivity contribution < 1.29 is 19.5 Å². The Hall–Kier alpha value is -1.03. The molecule has 1 atom stereocenters. The molecule has 0 fully saturated rings. The Balaban J connectivity index is 3.84. The van der Waals surface area contributed by atoms with Gasteiger partial charge in [0, 0.05) is 19.4 Å². The van der Waals surface area contributed by atoms with Crippen LogP contribution in [0.3, 0.4) is 0 Å². The third-order valence-corrected chi connectivity index (χ3v) is 1.46. The van der Waals surface area contributed by atoms with Gasteiger partial charge >= 0.3 is 0 Å². The lowest BCUT2D eigenvalue weighted by Crippen LogP contribution is -2.17. The van der Waals surface area contributed by atoms with Gasteiger partial charge in [-0.15, -0.1) is 0 Å². The molecule has 4 heteroatoms. The van der Waals surface area contributed by atoms with Crippen LogP contribution in [-0.2, 0) is 14.4 Å². The van der Waals surface area contributed by atoms with E-state index in [-0.39, 0.29) is 31.7 Å². The van der Waals surface area contributed by atoms with Gasteiger partial charge in [-0.05, 0) is 6.42 Å². The first-order chi connectivity index (χ1) is 5.76. The van der Waals surface area contributed by atoms with Crippen LogP contribution in [0.15, 0.2) is 0 Å². The van der Waals surface area contributed by atoms with Gasteiger partial charge in [-0.1, -0.05) is 0 Å². The van der Waals surface area contributed by atoms with Crippen LogP contribution >= 0.6 is 0 Å². The number of aliphatic hydroxyl groups excluding tert-OH is 1. The van der Waals surface area contributed by atoms with Crippen LogP contribution in [0, 0.1) is 5.92 Å². The molecule has 1 unspecified atom stereocenters. The Bertz CT molecular complexity index is 164. The zero-order chi connectivity index (χ0) is 9.40. The summed E-state index contributed by atoms with van der Waals surface area (Å²) in [5.41, 5.74) is 0. The largest absolute Gasteiger partial charge is 0.396 e. The summed E-state index contributed by atoms with van der Waals surface area (Å²) in [6, 6.07) is 0. The molecule has 0 saturated carbocycles. The van der Waals surface area contributed by atoms with E-state index in [1.54, 1.807) is 0 Å². The Morgan fingerprint density at radius 3 is 2.67 bits per heavy atom. The van der Waals surface area contributed by atoms with Crippen molar-refractivity contribution in [3.63, 3.8) is 0 Å². The molecule has 0 aromatic rings. The summed E-state index contributed by atoms with van der Waals surface area (Å²) in [4.78, 5) is 31.0. The van der Waals surface area contributed by atoms with Crippen molar-refractivity contribution in [2.45, 2.75) is 19.3 Å². The lowest BCUT2D eigenvalue weighted by molar-refractivity contribution is -0.122. The highest BCUT2D eigenvalue weighted by molar-refractivity contribution is 5.94. The molecule has 0 rings (SSSR count). The first-order valence-corrected chi connectivity index (χ1v) is 3.71. The fourth-order valence-electron chi connectivity index (χ4n) is 0.790. The molecule has 0 aromatic carbocycles. The molecular formula is C8H11O4. The highest BCUT2D eigenvalue weighted by Crippen LogP contribution is 2.04. The van der Waals surface area contributed by atoms with Crippen molar-refractivity contribution in [1.82, 2.24) is 0 Å². The van der Waals surface area contributed by atoms with Gasteiger partial charge in [-0.25, -0.2) is 0 Å². The molecular weight excluding hydrogens is 160 g/mol. The third kappa shape index (κ3) is 3.98. The summed E-state index contributed by atoms with van der Waals surface area (Å²) in [6.07, 6.45) is 2.44. The maximum Gasteiger partial charge on any atom is 0.209 e. The van der Waals surface area contributed by atoms with E-state index in [1.807, 2.05) is 0 Å². The number of hydrogen-bond donors (Lipinski definition) is 1. The molecule has 4 nitrogen and oxygen atoms in total. The van der Waals surface area contributed by atoms with E-state index in [4.69, 9.17) is 5.11 Å². The van der Waals surface area contributed by atoms with E-state index in [1.165, 1.54) is 6.29 Å². The van der Waals surface area contributed by atoms with Crippen LogP contribution in [0.25, 0.3) is 0 Å². The van der Waals surface area contributed by atoms with Gasteiger partial charge < -0.3 is 9.90 Å². The number of aldehydes is 1. The number of Topliss-reactive ketones (excluding diaryl/α,β-unsaturated/α-hetero) is 1. The summed E-state index contributed by atoms with van der Waals surface area (Å²) in [5, 5.41) is 8.44. The number of carbonyl (C=O) groups excluding carboxylic acids is 3. The van der Waals surface area contributed by atoms with E-state index in [9.17, 15) is 14.4 Å². The molecule has 0 bridgehead atoms. The van der Waals surface area contributed by atoms with E-state index >= 15 is 0 Å². The summed E-state index contributed by atoms with van der Waals surface area (Å²) in [7, 11) is 0. The summed E-state index contributed by atoms with van der Waals surface area (Å²) in [5.74, 6) is -1.19. The molecule has 1 N–H and O–H groups in total. The van der Waals surface area contributed by atoms with Gasteiger partial charge in [-0.3, -0.25) is 9.59 Å². The average Bonchev–Trinajstić information content (AvgIpc) is 2.10. The van der Waals surface area contributed by atoms with Crippen molar-refractivity contribution in [2.75, 3.05) is 6.61 Å². The van der Waals surface area contributed by atoms with Gasteiger partial charge in [0.05, 0.1) is 5.92 Å². The predicted molar refractivity (Wildman–Crippen MR) is 41.2 cm³/mol. The standard InChI is InChI=1S/C8H11O4/c9-4-1-2-8(12)7(6-11)3-5-10/h4,7,10H,1-3,5H2. The van der Waals surface area contributed by atoms with Gasteiger partial charge in [-0.2, -0.15) is 0 Å². The van der Waals surface area contributed by atoms with Crippen molar-refractivity contribution in [2.24, 2.45) is 5.92 Å². The van der Waals surface area contributed by atoms with Gasteiger partial charge in [0.15, 0.2) is 0 Å². The van der Waals surface area contributed by atoms with Crippen LogP contribution in [-0.4, -0.2) is 30.1 Å². The molecule has 0 aliphatic carbocycles. The number of rotatable bonds is 7. The molecule has 0 aliphatic rings. The van der Waals surface area contributed by atoms with Gasteiger partial charge in [0.1, 0.15) is 12.1 Å². The van der Waals surface area contributed by atoms with E-state index in [0.29, 0.717) is 6.29 Å². The molecule has 12 heavy (non-hydrogen) atoms. The second-order valence-electron chi connectivity index (χ2n) is 2.35. The fraction of sp³-hybridized carbons (Fsp3) is 0.625. The summed E-state index contributed by atoms with van der Waals surface area (Å²) in [6.45, 7) is -0.216. The molecule has 1 radical (unpaired) electrons. The zero-order valence-corrected chi connectivity index (χ0v) is 6.66. The Labute approximate surface area is 70.6 Å². The van der Waals surface area contributed by atoms with E-state index in [0.717, 1.165) is 0 Å². The number of carbonyl (C=O) groups is 2. The lowest BCUT2D eigenvalue weighted by Gasteiger charge is -2.03. The minimum atomic E-state index is -0.866. The molecule has 0 saturated heterocycles. The normalized spacial score (nSPS) is 12.1. The topological polar surface area (TPSA) is 71.4 Å².